The fourth-order valence-electron chi connectivity index (χ4n) is 0.200. The van der Waals surface area contributed by atoms with Crippen molar-refractivity contribution in [3.63, 3.8) is 0 Å². The third-order valence-corrected chi connectivity index (χ3v) is 2.21. The van der Waals surface area contributed by atoms with Crippen molar-refractivity contribution in [3.8, 4) is 0 Å². The summed E-state index contributed by atoms with van der Waals surface area (Å²) in [6.45, 7) is 0. The van der Waals surface area contributed by atoms with Gasteiger partial charge in [0.1, 0.15) is 0 Å². The molecule has 0 bridgehead atoms. The van der Waals surface area contributed by atoms with Crippen LogP contribution in [0.15, 0.2) is 10.2 Å². The molecule has 4 heteroatoms. The van der Waals surface area contributed by atoms with E-state index in [1.165, 1.54) is 0 Å². The summed E-state index contributed by atoms with van der Waals surface area (Å²) in [6, 6.07) is 0. The number of hydrogen-bond acceptors (Lipinski definition) is 3. The van der Waals surface area contributed by atoms with E-state index in [2.05, 4.69) is 10.2 Å². The summed E-state index contributed by atoms with van der Waals surface area (Å²) < 4.78 is 1.09. The molecule has 0 aromatic rings. The molecular formula is C2H2N2STe. The van der Waals surface area contributed by atoms with Gasteiger partial charge in [-0.15, -0.1) is 0 Å². The molecule has 2 nitrogen and oxygen atoms in total. The fraction of sp³-hybridized carbons (Fsp3) is 0.500. The molecule has 0 saturated heterocycles. The second-order valence-electron chi connectivity index (χ2n) is 0.781. The average Bonchev–Trinajstić information content (AvgIpc) is 1.86. The van der Waals surface area contributed by atoms with Crippen LogP contribution in [0.5, 0.6) is 0 Å². The van der Waals surface area contributed by atoms with E-state index in [9.17, 15) is 0 Å². The molecule has 0 aliphatic carbocycles. The number of azo groups is 1. The Balaban J connectivity index is 2.59. The number of hydrogen-bond donors (Lipinski definition) is 0. The maximum atomic E-state index is 3.75. The zero-order chi connectivity index (χ0) is 4.41. The van der Waals surface area contributed by atoms with Gasteiger partial charge in [0.25, 0.3) is 0 Å². The minimum atomic E-state index is 0.828. The topological polar surface area (TPSA) is 24.7 Å². The monoisotopic (exact) mass is 216 g/mol. The molecule has 1 rings (SSSR count). The summed E-state index contributed by atoms with van der Waals surface area (Å²) >= 11 is 3.58. The molecule has 0 aromatic carbocycles. The van der Waals surface area contributed by atoms with Gasteiger partial charge in [0.2, 0.25) is 0 Å². The van der Waals surface area contributed by atoms with E-state index in [1.807, 2.05) is 21.8 Å². The van der Waals surface area contributed by atoms with E-state index in [1.54, 1.807) is 11.8 Å². The van der Waals surface area contributed by atoms with Crippen LogP contribution >= 0.6 is 11.8 Å². The number of rotatable bonds is 0. The molecule has 0 amide bonds. The van der Waals surface area contributed by atoms with Gasteiger partial charge in [-0.1, -0.05) is 0 Å². The molecule has 0 unspecified atom stereocenters. The van der Waals surface area contributed by atoms with Crippen molar-refractivity contribution in [2.45, 2.75) is 0 Å². The van der Waals surface area contributed by atoms with Gasteiger partial charge < -0.3 is 0 Å². The first-order valence-electron chi connectivity index (χ1n) is 1.44. The van der Waals surface area contributed by atoms with Gasteiger partial charge in [-0.2, -0.15) is 0 Å². The maximum absolute atomic E-state index is 3.75. The molecule has 0 spiro atoms. The van der Waals surface area contributed by atoms with Gasteiger partial charge >= 0.3 is 52.7 Å². The van der Waals surface area contributed by atoms with Crippen LogP contribution in [-0.4, -0.2) is 30.7 Å². The van der Waals surface area contributed by atoms with Crippen LogP contribution in [0.25, 0.3) is 0 Å². The van der Waals surface area contributed by atoms with E-state index in [-0.39, 0.29) is 0 Å². The first-order chi connectivity index (χ1) is 2.89. The zero-order valence-electron chi connectivity index (χ0n) is 2.92. The fourth-order valence-corrected chi connectivity index (χ4v) is 1.16. The van der Waals surface area contributed by atoms with Crippen molar-refractivity contribution in [1.29, 1.82) is 0 Å². The summed E-state index contributed by atoms with van der Waals surface area (Å²) in [7, 11) is 0. The molecule has 0 atom stereocenters. The summed E-state index contributed by atoms with van der Waals surface area (Å²) in [5.74, 6) is 0.828. The molecule has 0 N–H and O–H groups in total. The first-order valence-corrected chi connectivity index (χ1v) is 3.59. The van der Waals surface area contributed by atoms with Gasteiger partial charge in [-0.05, 0) is 0 Å². The van der Waals surface area contributed by atoms with Crippen molar-refractivity contribution in [1.82, 2.24) is 0 Å². The van der Waals surface area contributed by atoms with E-state index in [0.717, 1.165) is 8.88 Å². The molecule has 0 saturated carbocycles. The molecule has 0 radical (unpaired) electrons. The average molecular weight is 214 g/mol. The zero-order valence-corrected chi connectivity index (χ0v) is 6.06. The van der Waals surface area contributed by atoms with Crippen LogP contribution < -0.4 is 0 Å². The Hall–Kier alpha value is 0.610. The van der Waals surface area contributed by atoms with Crippen molar-refractivity contribution >= 4 is 36.6 Å². The second-order valence-corrected chi connectivity index (χ2v) is 3.63. The van der Waals surface area contributed by atoms with E-state index < -0.39 is 0 Å². The molecule has 1 aliphatic heterocycles. The molecule has 0 fully saturated rings. The Kier molecular flexibility index (Phi) is 1.63. The number of nitrogens with zero attached hydrogens (tertiary/aromatic N) is 2. The summed E-state index contributed by atoms with van der Waals surface area (Å²) in [5.41, 5.74) is 0. The quantitative estimate of drug-likeness (QED) is 0.535. The first kappa shape index (κ1) is 4.76. The van der Waals surface area contributed by atoms with Gasteiger partial charge in [0, 0.05) is 0 Å². The van der Waals surface area contributed by atoms with Crippen LogP contribution in [0.1, 0.15) is 0 Å². The molecule has 1 heterocycles. The standard InChI is InChI=1S/C2H2N2STe/c6-2-4-3-1-5-2/h1H2. The predicted octanol–water partition coefficient (Wildman–Crippen LogP) is 0.399. The molecule has 32 valence electrons. The normalized spacial score (nSPS) is 19.7. The van der Waals surface area contributed by atoms with E-state index in [4.69, 9.17) is 0 Å². The molecular weight excluding hydrogens is 212 g/mol. The molecule has 1 aliphatic rings. The van der Waals surface area contributed by atoms with Gasteiger partial charge in [0.15, 0.2) is 0 Å². The van der Waals surface area contributed by atoms with Crippen LogP contribution in [0, 0.1) is 0 Å². The summed E-state index contributed by atoms with van der Waals surface area (Å²) in [5, 5.41) is 7.46. The van der Waals surface area contributed by atoms with Crippen LogP contribution in [0.4, 0.5) is 0 Å². The number of thioether (sulfide) groups is 1. The van der Waals surface area contributed by atoms with Crippen LogP contribution in [-0.2, 0) is 0 Å². The SMILES string of the molecule is [Te]=C1N=NCS1. The van der Waals surface area contributed by atoms with Crippen molar-refractivity contribution in [2.24, 2.45) is 10.2 Å². The van der Waals surface area contributed by atoms with Gasteiger partial charge in [0.05, 0.1) is 0 Å². The van der Waals surface area contributed by atoms with Crippen molar-refractivity contribution in [3.05, 3.63) is 0 Å². The van der Waals surface area contributed by atoms with Gasteiger partial charge in [-0.3, -0.25) is 0 Å². The predicted molar refractivity (Wildman–Crippen MR) is 28.1 cm³/mol. The Morgan fingerprint density at radius 2 is 2.67 bits per heavy atom. The Labute approximate surface area is 52.8 Å². The minimum absolute atomic E-state index is 0.828. The van der Waals surface area contributed by atoms with Crippen molar-refractivity contribution in [2.75, 3.05) is 5.88 Å². The third-order valence-electron chi connectivity index (χ3n) is 0.398. The molecule has 6 heavy (non-hydrogen) atoms. The Morgan fingerprint density at radius 1 is 1.83 bits per heavy atom. The van der Waals surface area contributed by atoms with Crippen LogP contribution in [0.3, 0.4) is 0 Å². The van der Waals surface area contributed by atoms with Gasteiger partial charge in [-0.25, -0.2) is 0 Å². The summed E-state index contributed by atoms with van der Waals surface area (Å²) in [4.78, 5) is 0. The third kappa shape index (κ3) is 1.04. The van der Waals surface area contributed by atoms with E-state index in [0.29, 0.717) is 0 Å². The van der Waals surface area contributed by atoms with Crippen molar-refractivity contribution < 1.29 is 0 Å². The van der Waals surface area contributed by atoms with E-state index >= 15 is 0 Å². The Morgan fingerprint density at radius 3 is 2.83 bits per heavy atom. The molecule has 0 aromatic heterocycles. The Bertz CT molecular complexity index is 99.7. The van der Waals surface area contributed by atoms with Crippen LogP contribution in [0.2, 0.25) is 0 Å². The summed E-state index contributed by atoms with van der Waals surface area (Å²) in [6.07, 6.45) is 0. The second kappa shape index (κ2) is 2.06.